The van der Waals surface area contributed by atoms with Crippen LogP contribution in [0.15, 0.2) is 0 Å². The van der Waals surface area contributed by atoms with Crippen LogP contribution in [-0.4, -0.2) is 23.7 Å². The van der Waals surface area contributed by atoms with Gasteiger partial charge in [-0.3, -0.25) is 9.59 Å². The number of esters is 1. The molecule has 0 aliphatic heterocycles. The summed E-state index contributed by atoms with van der Waals surface area (Å²) in [7, 11) is 0. The van der Waals surface area contributed by atoms with Crippen LogP contribution < -0.4 is 0 Å². The van der Waals surface area contributed by atoms with Gasteiger partial charge in [0.25, 0.3) is 0 Å². The van der Waals surface area contributed by atoms with Gasteiger partial charge in [-0.05, 0) is 31.6 Å². The smallest absolute Gasteiger partial charge is 0.306 e. The lowest BCUT2D eigenvalue weighted by atomic mass is 9.82. The monoisotopic (exact) mass is 200 g/mol. The second-order valence-electron chi connectivity index (χ2n) is 3.86. The Balaban J connectivity index is 2.22. The van der Waals surface area contributed by atoms with E-state index >= 15 is 0 Å². The minimum atomic E-state index is -0.698. The first-order chi connectivity index (χ1) is 6.59. The zero-order valence-electron chi connectivity index (χ0n) is 8.36. The van der Waals surface area contributed by atoms with E-state index in [1.807, 2.05) is 0 Å². The third-order valence-electron chi connectivity index (χ3n) is 2.72. The first-order valence-electron chi connectivity index (χ1n) is 4.95. The molecular weight excluding hydrogens is 184 g/mol. The van der Waals surface area contributed by atoms with Crippen LogP contribution in [-0.2, 0) is 14.3 Å². The summed E-state index contributed by atoms with van der Waals surface area (Å²) in [4.78, 5) is 21.2. The van der Waals surface area contributed by atoms with Crippen molar-refractivity contribution in [3.63, 3.8) is 0 Å². The van der Waals surface area contributed by atoms with Gasteiger partial charge in [0.05, 0.1) is 12.5 Å². The van der Waals surface area contributed by atoms with E-state index in [0.29, 0.717) is 25.4 Å². The predicted octanol–water partition coefficient (Wildman–Crippen LogP) is 1.44. The Morgan fingerprint density at radius 3 is 2.29 bits per heavy atom. The molecule has 0 amide bonds. The van der Waals surface area contributed by atoms with Gasteiger partial charge in [-0.15, -0.1) is 0 Å². The number of aliphatic carboxylic acids is 1. The fraction of sp³-hybridized carbons (Fsp3) is 0.800. The van der Waals surface area contributed by atoms with Gasteiger partial charge in [0.15, 0.2) is 0 Å². The average Bonchev–Trinajstić information content (AvgIpc) is 2.15. The van der Waals surface area contributed by atoms with E-state index in [9.17, 15) is 9.59 Å². The minimum absolute atomic E-state index is 0.191. The van der Waals surface area contributed by atoms with E-state index in [1.165, 1.54) is 6.92 Å². The molecule has 0 heterocycles. The van der Waals surface area contributed by atoms with Crippen LogP contribution in [0.2, 0.25) is 0 Å². The van der Waals surface area contributed by atoms with Crippen molar-refractivity contribution in [2.45, 2.75) is 32.6 Å². The number of ether oxygens (including phenoxy) is 1. The summed E-state index contributed by atoms with van der Waals surface area (Å²) in [6.45, 7) is 1.84. The summed E-state index contributed by atoms with van der Waals surface area (Å²) in [6, 6.07) is 0. The second kappa shape index (κ2) is 4.98. The van der Waals surface area contributed by atoms with Crippen molar-refractivity contribution in [2.24, 2.45) is 11.8 Å². The Labute approximate surface area is 83.2 Å². The molecule has 14 heavy (non-hydrogen) atoms. The molecule has 4 heteroatoms. The largest absolute Gasteiger partial charge is 0.481 e. The molecule has 1 N–H and O–H groups in total. The highest BCUT2D eigenvalue weighted by atomic mass is 16.5. The molecule has 4 nitrogen and oxygen atoms in total. The quantitative estimate of drug-likeness (QED) is 0.700. The van der Waals surface area contributed by atoms with Gasteiger partial charge in [0.2, 0.25) is 0 Å². The van der Waals surface area contributed by atoms with Gasteiger partial charge in [-0.25, -0.2) is 0 Å². The fourth-order valence-corrected chi connectivity index (χ4v) is 1.81. The maximum absolute atomic E-state index is 10.6. The van der Waals surface area contributed by atoms with Crippen LogP contribution >= 0.6 is 0 Å². The van der Waals surface area contributed by atoms with Crippen LogP contribution in [0.3, 0.4) is 0 Å². The SMILES string of the molecule is CC(=O)OCC1CCC(C(=O)O)CC1. The van der Waals surface area contributed by atoms with Crippen molar-refractivity contribution >= 4 is 11.9 Å². The van der Waals surface area contributed by atoms with Crippen LogP contribution in [0.25, 0.3) is 0 Å². The molecule has 1 rings (SSSR count). The van der Waals surface area contributed by atoms with E-state index < -0.39 is 5.97 Å². The van der Waals surface area contributed by atoms with Crippen molar-refractivity contribution in [1.82, 2.24) is 0 Å². The average molecular weight is 200 g/mol. The molecule has 1 saturated carbocycles. The molecule has 0 aromatic rings. The molecule has 1 aliphatic rings. The van der Waals surface area contributed by atoms with Gasteiger partial charge >= 0.3 is 11.9 Å². The van der Waals surface area contributed by atoms with Crippen molar-refractivity contribution < 1.29 is 19.4 Å². The summed E-state index contributed by atoms with van der Waals surface area (Å²) < 4.78 is 4.89. The highest BCUT2D eigenvalue weighted by molar-refractivity contribution is 5.70. The molecule has 1 fully saturated rings. The molecule has 0 atom stereocenters. The Hall–Kier alpha value is -1.06. The Kier molecular flexibility index (Phi) is 3.92. The summed E-state index contributed by atoms with van der Waals surface area (Å²) in [5, 5.41) is 8.76. The molecule has 0 bridgehead atoms. The maximum Gasteiger partial charge on any atom is 0.306 e. The number of hydrogen-bond acceptors (Lipinski definition) is 3. The molecule has 0 aromatic carbocycles. The van der Waals surface area contributed by atoms with Crippen molar-refractivity contribution in [2.75, 3.05) is 6.61 Å². The van der Waals surface area contributed by atoms with Gasteiger partial charge in [-0.2, -0.15) is 0 Å². The molecule has 0 spiro atoms. The van der Waals surface area contributed by atoms with Crippen molar-refractivity contribution in [3.8, 4) is 0 Å². The van der Waals surface area contributed by atoms with Gasteiger partial charge < -0.3 is 9.84 Å². The number of carboxylic acids is 1. The molecule has 0 saturated heterocycles. The number of carbonyl (C=O) groups excluding carboxylic acids is 1. The Morgan fingerprint density at radius 1 is 1.29 bits per heavy atom. The van der Waals surface area contributed by atoms with Crippen molar-refractivity contribution in [3.05, 3.63) is 0 Å². The van der Waals surface area contributed by atoms with Gasteiger partial charge in [0.1, 0.15) is 0 Å². The standard InChI is InChI=1S/C10H16O4/c1-7(11)14-6-8-2-4-9(5-3-8)10(12)13/h8-9H,2-6H2,1H3,(H,12,13). The fourth-order valence-electron chi connectivity index (χ4n) is 1.81. The molecule has 0 unspecified atom stereocenters. The first-order valence-corrected chi connectivity index (χ1v) is 4.95. The summed E-state index contributed by atoms with van der Waals surface area (Å²) in [5.41, 5.74) is 0. The van der Waals surface area contributed by atoms with E-state index in [2.05, 4.69) is 0 Å². The summed E-state index contributed by atoms with van der Waals surface area (Å²) in [6.07, 6.45) is 3.12. The second-order valence-corrected chi connectivity index (χ2v) is 3.86. The van der Waals surface area contributed by atoms with E-state index in [-0.39, 0.29) is 11.9 Å². The minimum Gasteiger partial charge on any atom is -0.481 e. The van der Waals surface area contributed by atoms with Gasteiger partial charge in [-0.1, -0.05) is 0 Å². The first kappa shape index (κ1) is 11.0. The third kappa shape index (κ3) is 3.36. The lowest BCUT2D eigenvalue weighted by Crippen LogP contribution is -2.24. The van der Waals surface area contributed by atoms with E-state index in [0.717, 1.165) is 12.8 Å². The number of carbonyl (C=O) groups is 2. The van der Waals surface area contributed by atoms with Crippen LogP contribution in [0.5, 0.6) is 0 Å². The molecule has 0 radical (unpaired) electrons. The lowest BCUT2D eigenvalue weighted by molar-refractivity contribution is -0.146. The molecule has 80 valence electrons. The van der Waals surface area contributed by atoms with Crippen LogP contribution in [0.4, 0.5) is 0 Å². The Bertz CT molecular complexity index is 216. The topological polar surface area (TPSA) is 63.6 Å². The van der Waals surface area contributed by atoms with Crippen molar-refractivity contribution in [1.29, 1.82) is 0 Å². The Morgan fingerprint density at radius 2 is 1.86 bits per heavy atom. The number of hydrogen-bond donors (Lipinski definition) is 1. The normalized spacial score (nSPS) is 26.9. The zero-order chi connectivity index (χ0) is 10.6. The lowest BCUT2D eigenvalue weighted by Gasteiger charge is -2.25. The highest BCUT2D eigenvalue weighted by Gasteiger charge is 2.26. The predicted molar refractivity (Wildman–Crippen MR) is 49.7 cm³/mol. The summed E-state index contributed by atoms with van der Waals surface area (Å²) in [5.74, 6) is -0.792. The molecular formula is C10H16O4. The van der Waals surface area contributed by atoms with E-state index in [1.54, 1.807) is 0 Å². The number of carboxylic acid groups (broad SMARTS) is 1. The molecule has 0 aromatic heterocycles. The van der Waals surface area contributed by atoms with Crippen LogP contribution in [0.1, 0.15) is 32.6 Å². The summed E-state index contributed by atoms with van der Waals surface area (Å²) >= 11 is 0. The van der Waals surface area contributed by atoms with Gasteiger partial charge in [0, 0.05) is 6.92 Å². The highest BCUT2D eigenvalue weighted by Crippen LogP contribution is 2.28. The zero-order valence-corrected chi connectivity index (χ0v) is 8.36. The number of rotatable bonds is 3. The third-order valence-corrected chi connectivity index (χ3v) is 2.72. The van der Waals surface area contributed by atoms with E-state index in [4.69, 9.17) is 9.84 Å². The molecule has 1 aliphatic carbocycles. The maximum atomic E-state index is 10.6. The van der Waals surface area contributed by atoms with Crippen LogP contribution in [0, 0.1) is 11.8 Å².